The van der Waals surface area contributed by atoms with Gasteiger partial charge in [0.15, 0.2) is 0 Å². The lowest BCUT2D eigenvalue weighted by Gasteiger charge is -2.24. The van der Waals surface area contributed by atoms with Gasteiger partial charge in [0, 0.05) is 35.9 Å². The molecule has 0 spiro atoms. The lowest BCUT2D eigenvalue weighted by Crippen LogP contribution is -2.25. The third-order valence-electron chi connectivity index (χ3n) is 6.61. The summed E-state index contributed by atoms with van der Waals surface area (Å²) in [6.07, 6.45) is 4.79. The quantitative estimate of drug-likeness (QED) is 0.338. The van der Waals surface area contributed by atoms with E-state index in [0.29, 0.717) is 5.56 Å². The SMILES string of the molecule is Cn1cc(-c2ccc(CC3C=C4C(=O)N(c5ccccc5F)N=C4c4c(F)ccc(F)c43)c(F)c2)cn1. The minimum absolute atomic E-state index is 0.0117. The van der Waals surface area contributed by atoms with Crippen LogP contribution in [0.4, 0.5) is 23.2 Å². The number of para-hydroxylation sites is 1. The summed E-state index contributed by atoms with van der Waals surface area (Å²) in [4.78, 5) is 13.2. The molecule has 2 aliphatic rings. The summed E-state index contributed by atoms with van der Waals surface area (Å²) >= 11 is 0. The van der Waals surface area contributed by atoms with E-state index < -0.39 is 35.1 Å². The summed E-state index contributed by atoms with van der Waals surface area (Å²) in [5, 5.41) is 9.11. The van der Waals surface area contributed by atoms with Crippen molar-refractivity contribution >= 4 is 17.3 Å². The average molecular weight is 502 g/mol. The van der Waals surface area contributed by atoms with Crippen LogP contribution in [0.5, 0.6) is 0 Å². The van der Waals surface area contributed by atoms with E-state index in [9.17, 15) is 9.18 Å². The highest BCUT2D eigenvalue weighted by Gasteiger charge is 2.41. The number of allylic oxidation sites excluding steroid dienone is 1. The molecule has 1 aliphatic heterocycles. The minimum Gasteiger partial charge on any atom is -0.275 e. The Labute approximate surface area is 209 Å². The summed E-state index contributed by atoms with van der Waals surface area (Å²) in [5.41, 5.74) is 1.24. The van der Waals surface area contributed by atoms with Gasteiger partial charge < -0.3 is 0 Å². The fourth-order valence-corrected chi connectivity index (χ4v) is 4.85. The molecule has 5 nitrogen and oxygen atoms in total. The van der Waals surface area contributed by atoms with Crippen LogP contribution < -0.4 is 5.01 Å². The number of rotatable bonds is 4. The maximum atomic E-state index is 15.2. The van der Waals surface area contributed by atoms with Gasteiger partial charge in [0.25, 0.3) is 5.91 Å². The molecule has 37 heavy (non-hydrogen) atoms. The fraction of sp³-hybridized carbons (Fsp3) is 0.107. The smallest absolute Gasteiger partial charge is 0.275 e. The zero-order valence-electron chi connectivity index (χ0n) is 19.4. The van der Waals surface area contributed by atoms with Crippen LogP contribution in [0.3, 0.4) is 0 Å². The van der Waals surface area contributed by atoms with Gasteiger partial charge in [-0.1, -0.05) is 30.3 Å². The number of carbonyl (C=O) groups excluding carboxylic acids is 1. The highest BCUT2D eigenvalue weighted by molar-refractivity contribution is 6.36. The first-order valence-corrected chi connectivity index (χ1v) is 11.5. The summed E-state index contributed by atoms with van der Waals surface area (Å²) in [7, 11) is 1.76. The zero-order valence-corrected chi connectivity index (χ0v) is 19.4. The maximum Gasteiger partial charge on any atom is 0.280 e. The van der Waals surface area contributed by atoms with Crippen molar-refractivity contribution in [3.63, 3.8) is 0 Å². The molecular formula is C28H18F4N4O. The molecule has 1 aromatic heterocycles. The van der Waals surface area contributed by atoms with Crippen LogP contribution in [0, 0.1) is 23.3 Å². The molecule has 1 unspecified atom stereocenters. The van der Waals surface area contributed by atoms with Gasteiger partial charge in [-0.15, -0.1) is 0 Å². The van der Waals surface area contributed by atoms with E-state index in [0.717, 1.165) is 22.7 Å². The second-order valence-electron chi connectivity index (χ2n) is 8.93. The standard InChI is InChI=1S/C28H18F4N4O/c1-35-14-18(13-33-35)15-6-7-16(23(32)12-15)10-17-11-19-27(26-22(31)9-8-21(30)25(17)26)34-36(28(19)37)24-5-3-2-4-20(24)29/h2-9,11-14,17H,10H2,1H3. The monoisotopic (exact) mass is 502 g/mol. The topological polar surface area (TPSA) is 50.5 Å². The number of hydrogen-bond donors (Lipinski definition) is 0. The van der Waals surface area contributed by atoms with Gasteiger partial charge in [-0.2, -0.15) is 15.2 Å². The predicted octanol–water partition coefficient (Wildman–Crippen LogP) is 5.66. The normalized spacial score (nSPS) is 16.4. The Bertz CT molecular complexity index is 1660. The van der Waals surface area contributed by atoms with Gasteiger partial charge in [-0.3, -0.25) is 9.48 Å². The molecule has 0 bridgehead atoms. The van der Waals surface area contributed by atoms with Crippen molar-refractivity contribution in [1.29, 1.82) is 0 Å². The maximum absolute atomic E-state index is 15.2. The Kier molecular flexibility index (Phi) is 5.29. The van der Waals surface area contributed by atoms with Gasteiger partial charge >= 0.3 is 0 Å². The van der Waals surface area contributed by atoms with Crippen molar-refractivity contribution in [3.8, 4) is 11.1 Å². The number of aryl methyl sites for hydroxylation is 1. The van der Waals surface area contributed by atoms with Gasteiger partial charge in [0.05, 0.1) is 11.8 Å². The average Bonchev–Trinajstić information content (AvgIpc) is 3.46. The Morgan fingerprint density at radius 1 is 0.892 bits per heavy atom. The first-order chi connectivity index (χ1) is 17.8. The van der Waals surface area contributed by atoms with Crippen LogP contribution in [0.2, 0.25) is 0 Å². The number of amides is 1. The number of benzene rings is 3. The van der Waals surface area contributed by atoms with Gasteiger partial charge in [-0.25, -0.2) is 17.6 Å². The van der Waals surface area contributed by atoms with Crippen molar-refractivity contribution in [3.05, 3.63) is 119 Å². The van der Waals surface area contributed by atoms with Crippen LogP contribution in [-0.2, 0) is 18.3 Å². The molecule has 0 radical (unpaired) electrons. The number of nitrogens with zero attached hydrogens (tertiary/aromatic N) is 4. The van der Waals surface area contributed by atoms with Crippen molar-refractivity contribution < 1.29 is 22.4 Å². The zero-order chi connectivity index (χ0) is 25.8. The van der Waals surface area contributed by atoms with E-state index in [2.05, 4.69) is 10.2 Å². The van der Waals surface area contributed by atoms with Gasteiger partial charge in [0.1, 0.15) is 34.7 Å². The lowest BCUT2D eigenvalue weighted by atomic mass is 9.79. The molecule has 4 aromatic rings. The highest BCUT2D eigenvalue weighted by atomic mass is 19.1. The van der Waals surface area contributed by atoms with E-state index in [-0.39, 0.29) is 40.1 Å². The molecular weight excluding hydrogens is 484 g/mol. The highest BCUT2D eigenvalue weighted by Crippen LogP contribution is 2.40. The second-order valence-corrected chi connectivity index (χ2v) is 8.93. The molecule has 9 heteroatoms. The Balaban J connectivity index is 1.43. The fourth-order valence-electron chi connectivity index (χ4n) is 4.85. The van der Waals surface area contributed by atoms with E-state index in [4.69, 9.17) is 0 Å². The molecule has 0 saturated heterocycles. The van der Waals surface area contributed by atoms with Crippen LogP contribution >= 0.6 is 0 Å². The van der Waals surface area contributed by atoms with Crippen LogP contribution in [0.1, 0.15) is 22.6 Å². The number of halogens is 4. The number of fused-ring (bicyclic) bond motifs is 3. The van der Waals surface area contributed by atoms with Crippen LogP contribution in [0.25, 0.3) is 11.1 Å². The first kappa shape index (κ1) is 22.9. The number of carbonyl (C=O) groups is 1. The van der Waals surface area contributed by atoms with Gasteiger partial charge in [-0.05, 0) is 47.9 Å². The number of hydrazone groups is 1. The Morgan fingerprint density at radius 2 is 1.68 bits per heavy atom. The lowest BCUT2D eigenvalue weighted by molar-refractivity contribution is -0.114. The van der Waals surface area contributed by atoms with Crippen molar-refractivity contribution in [2.75, 3.05) is 5.01 Å². The van der Waals surface area contributed by atoms with Crippen molar-refractivity contribution in [2.24, 2.45) is 12.1 Å². The number of aromatic nitrogens is 2. The third-order valence-corrected chi connectivity index (χ3v) is 6.61. The Hall–Kier alpha value is -4.53. The number of anilines is 1. The van der Waals surface area contributed by atoms with E-state index in [1.807, 2.05) is 0 Å². The molecule has 6 rings (SSSR count). The summed E-state index contributed by atoms with van der Waals surface area (Å²) in [6.45, 7) is 0. The third kappa shape index (κ3) is 3.74. The summed E-state index contributed by atoms with van der Waals surface area (Å²) in [6, 6.07) is 12.2. The molecule has 3 aromatic carbocycles. The molecule has 184 valence electrons. The van der Waals surface area contributed by atoms with Crippen molar-refractivity contribution in [1.82, 2.24) is 9.78 Å². The molecule has 2 heterocycles. The second kappa shape index (κ2) is 8.55. The molecule has 1 amide bonds. The van der Waals surface area contributed by atoms with E-state index in [1.54, 1.807) is 36.3 Å². The summed E-state index contributed by atoms with van der Waals surface area (Å²) < 4.78 is 61.4. The molecule has 0 N–H and O–H groups in total. The Morgan fingerprint density at radius 3 is 2.41 bits per heavy atom. The largest absolute Gasteiger partial charge is 0.280 e. The molecule has 0 saturated carbocycles. The molecule has 1 aliphatic carbocycles. The predicted molar refractivity (Wildman–Crippen MR) is 130 cm³/mol. The van der Waals surface area contributed by atoms with E-state index in [1.165, 1.54) is 36.4 Å². The van der Waals surface area contributed by atoms with Crippen LogP contribution in [0.15, 0.2) is 83.7 Å². The van der Waals surface area contributed by atoms with Crippen molar-refractivity contribution in [2.45, 2.75) is 12.3 Å². The van der Waals surface area contributed by atoms with E-state index >= 15 is 13.2 Å². The van der Waals surface area contributed by atoms with Crippen LogP contribution in [-0.4, -0.2) is 21.4 Å². The molecule has 1 atom stereocenters. The number of hydrogen-bond acceptors (Lipinski definition) is 3. The summed E-state index contributed by atoms with van der Waals surface area (Å²) in [5.74, 6) is -4.23. The minimum atomic E-state index is -0.858. The molecule has 0 fully saturated rings. The first-order valence-electron chi connectivity index (χ1n) is 11.5. The van der Waals surface area contributed by atoms with Gasteiger partial charge in [0.2, 0.25) is 0 Å².